The first-order valence-corrected chi connectivity index (χ1v) is 9.55. The molecule has 2 aromatic carbocycles. The Balaban J connectivity index is 2.12. The van der Waals surface area contributed by atoms with Crippen molar-refractivity contribution in [3.8, 4) is 22.5 Å². The van der Waals surface area contributed by atoms with Crippen molar-refractivity contribution in [1.29, 1.82) is 0 Å². The van der Waals surface area contributed by atoms with E-state index in [4.69, 9.17) is 4.98 Å². The molecule has 0 radical (unpaired) electrons. The first kappa shape index (κ1) is 15.8. The highest BCUT2D eigenvalue weighted by Crippen LogP contribution is 2.30. The molecule has 0 saturated heterocycles. The highest BCUT2D eigenvalue weighted by Gasteiger charge is 2.07. The van der Waals surface area contributed by atoms with Gasteiger partial charge >= 0.3 is 0 Å². The first-order chi connectivity index (χ1) is 10.7. The number of hydrogen-bond acceptors (Lipinski definition) is 2. The van der Waals surface area contributed by atoms with E-state index in [-0.39, 0.29) is 0 Å². The second-order valence-electron chi connectivity index (χ2n) is 4.79. The number of aromatic nitrogens is 1. The van der Waals surface area contributed by atoms with Gasteiger partial charge in [-0.05, 0) is 42.7 Å². The minimum Gasteiger partial charge on any atom is -0.248 e. The van der Waals surface area contributed by atoms with Crippen LogP contribution >= 0.6 is 43.6 Å². The van der Waals surface area contributed by atoms with Crippen LogP contribution in [0, 0.1) is 0 Å². The van der Waals surface area contributed by atoms with E-state index in [1.165, 1.54) is 4.90 Å². The molecule has 3 aromatic rings. The lowest BCUT2D eigenvalue weighted by molar-refractivity contribution is 1.26. The van der Waals surface area contributed by atoms with Crippen LogP contribution in [-0.2, 0) is 0 Å². The highest BCUT2D eigenvalue weighted by atomic mass is 79.9. The Hall–Kier alpha value is -1.10. The van der Waals surface area contributed by atoms with Crippen molar-refractivity contribution in [2.24, 2.45) is 0 Å². The molecule has 4 heteroatoms. The lowest BCUT2D eigenvalue weighted by atomic mass is 10.1. The van der Waals surface area contributed by atoms with E-state index in [1.54, 1.807) is 11.8 Å². The molecule has 0 bridgehead atoms. The van der Waals surface area contributed by atoms with Crippen LogP contribution < -0.4 is 0 Å². The molecule has 1 aromatic heterocycles. The van der Waals surface area contributed by atoms with Gasteiger partial charge in [-0.25, -0.2) is 4.98 Å². The minimum atomic E-state index is 0.992. The summed E-state index contributed by atoms with van der Waals surface area (Å²) in [5.41, 5.74) is 4.22. The standard InChI is InChI=1S/C18H13Br2NS/c1-22-16-10-17(12-5-7-14(19)8-6-12)21-18(11-16)13-3-2-4-15(20)9-13/h2-11H,1H3. The zero-order valence-corrected chi connectivity index (χ0v) is 15.9. The maximum absolute atomic E-state index is 4.84. The van der Waals surface area contributed by atoms with Gasteiger partial charge in [0.15, 0.2) is 0 Å². The summed E-state index contributed by atoms with van der Waals surface area (Å²) >= 11 is 8.74. The SMILES string of the molecule is CSc1cc(-c2ccc(Br)cc2)nc(-c2cccc(Br)c2)c1. The molecule has 0 N–H and O–H groups in total. The molecule has 0 aliphatic rings. The van der Waals surface area contributed by atoms with Crippen LogP contribution in [-0.4, -0.2) is 11.2 Å². The van der Waals surface area contributed by atoms with Crippen molar-refractivity contribution in [1.82, 2.24) is 4.98 Å². The molecule has 0 saturated carbocycles. The van der Waals surface area contributed by atoms with Gasteiger partial charge in [0.1, 0.15) is 0 Å². The maximum Gasteiger partial charge on any atom is 0.0721 e. The van der Waals surface area contributed by atoms with Crippen LogP contribution in [0.15, 0.2) is 74.5 Å². The summed E-state index contributed by atoms with van der Waals surface area (Å²) in [7, 11) is 0. The number of pyridine rings is 1. The van der Waals surface area contributed by atoms with Crippen LogP contribution in [0.4, 0.5) is 0 Å². The molecule has 3 rings (SSSR count). The summed E-state index contributed by atoms with van der Waals surface area (Å²) in [6.45, 7) is 0. The van der Waals surface area contributed by atoms with Crippen LogP contribution in [0.25, 0.3) is 22.5 Å². The summed E-state index contributed by atoms with van der Waals surface area (Å²) in [6.07, 6.45) is 2.09. The van der Waals surface area contributed by atoms with Gasteiger partial charge in [0.05, 0.1) is 11.4 Å². The van der Waals surface area contributed by atoms with E-state index >= 15 is 0 Å². The molecule has 0 atom stereocenters. The molecule has 22 heavy (non-hydrogen) atoms. The smallest absolute Gasteiger partial charge is 0.0721 e. The molecular weight excluding hydrogens is 422 g/mol. The third-order valence-corrected chi connectivity index (χ3v) is 5.02. The van der Waals surface area contributed by atoms with Crippen LogP contribution in [0.3, 0.4) is 0 Å². The first-order valence-electron chi connectivity index (χ1n) is 6.73. The Labute approximate surface area is 151 Å². The van der Waals surface area contributed by atoms with Gasteiger partial charge in [-0.2, -0.15) is 0 Å². The third-order valence-electron chi connectivity index (χ3n) is 3.29. The van der Waals surface area contributed by atoms with E-state index in [0.29, 0.717) is 0 Å². The van der Waals surface area contributed by atoms with Crippen LogP contribution in [0.5, 0.6) is 0 Å². The van der Waals surface area contributed by atoms with Gasteiger partial charge in [0.25, 0.3) is 0 Å². The van der Waals surface area contributed by atoms with E-state index in [0.717, 1.165) is 31.5 Å². The molecular formula is C18H13Br2NS. The van der Waals surface area contributed by atoms with Crippen molar-refractivity contribution in [2.45, 2.75) is 4.90 Å². The van der Waals surface area contributed by atoms with Gasteiger partial charge in [0.2, 0.25) is 0 Å². The summed E-state index contributed by atoms with van der Waals surface area (Å²) in [5, 5.41) is 0. The van der Waals surface area contributed by atoms with Gasteiger partial charge in [-0.3, -0.25) is 0 Å². The van der Waals surface area contributed by atoms with Crippen molar-refractivity contribution in [2.75, 3.05) is 6.26 Å². The molecule has 0 spiro atoms. The average Bonchev–Trinajstić information content (AvgIpc) is 2.55. The fraction of sp³-hybridized carbons (Fsp3) is 0.0556. The molecule has 1 heterocycles. The fourth-order valence-corrected chi connectivity index (χ4v) is 3.31. The number of rotatable bonds is 3. The Morgan fingerprint density at radius 3 is 2.09 bits per heavy atom. The lowest BCUT2D eigenvalue weighted by Crippen LogP contribution is -1.90. The Morgan fingerprint density at radius 2 is 1.45 bits per heavy atom. The normalized spacial score (nSPS) is 10.7. The number of thioether (sulfide) groups is 1. The summed E-state index contributed by atoms with van der Waals surface area (Å²) in [5.74, 6) is 0. The van der Waals surface area contributed by atoms with E-state index < -0.39 is 0 Å². The number of hydrogen-bond donors (Lipinski definition) is 0. The van der Waals surface area contributed by atoms with Crippen molar-refractivity contribution < 1.29 is 0 Å². The van der Waals surface area contributed by atoms with E-state index in [1.807, 2.05) is 24.3 Å². The fourth-order valence-electron chi connectivity index (χ4n) is 2.19. The molecule has 0 amide bonds. The number of benzene rings is 2. The molecule has 0 aliphatic carbocycles. The average molecular weight is 435 g/mol. The molecule has 110 valence electrons. The number of nitrogens with zero attached hydrogens (tertiary/aromatic N) is 1. The Kier molecular flexibility index (Phi) is 5.01. The van der Waals surface area contributed by atoms with Gasteiger partial charge in [0, 0.05) is 25.0 Å². The zero-order chi connectivity index (χ0) is 15.5. The predicted molar refractivity (Wildman–Crippen MR) is 102 cm³/mol. The van der Waals surface area contributed by atoms with Gasteiger partial charge in [-0.1, -0.05) is 56.1 Å². The molecule has 0 fully saturated rings. The van der Waals surface area contributed by atoms with E-state index in [2.05, 4.69) is 74.5 Å². The predicted octanol–water partition coefficient (Wildman–Crippen LogP) is 6.66. The van der Waals surface area contributed by atoms with Crippen LogP contribution in [0.2, 0.25) is 0 Å². The van der Waals surface area contributed by atoms with Gasteiger partial charge in [-0.15, -0.1) is 11.8 Å². The molecule has 1 nitrogen and oxygen atoms in total. The highest BCUT2D eigenvalue weighted by molar-refractivity contribution is 9.10. The second kappa shape index (κ2) is 6.99. The molecule has 0 unspecified atom stereocenters. The Bertz CT molecular complexity index is 800. The number of halogens is 2. The Morgan fingerprint density at radius 1 is 0.773 bits per heavy atom. The monoisotopic (exact) mass is 433 g/mol. The van der Waals surface area contributed by atoms with Gasteiger partial charge < -0.3 is 0 Å². The zero-order valence-electron chi connectivity index (χ0n) is 11.9. The largest absolute Gasteiger partial charge is 0.248 e. The van der Waals surface area contributed by atoms with Crippen molar-refractivity contribution in [3.63, 3.8) is 0 Å². The van der Waals surface area contributed by atoms with Crippen molar-refractivity contribution in [3.05, 3.63) is 69.6 Å². The maximum atomic E-state index is 4.84. The lowest BCUT2D eigenvalue weighted by Gasteiger charge is -2.09. The molecule has 0 aliphatic heterocycles. The van der Waals surface area contributed by atoms with Crippen molar-refractivity contribution >= 4 is 43.6 Å². The third kappa shape index (κ3) is 3.62. The summed E-state index contributed by atoms with van der Waals surface area (Å²) in [4.78, 5) is 6.05. The van der Waals surface area contributed by atoms with E-state index in [9.17, 15) is 0 Å². The minimum absolute atomic E-state index is 0.992. The summed E-state index contributed by atoms with van der Waals surface area (Å²) in [6, 6.07) is 20.8. The topological polar surface area (TPSA) is 12.9 Å². The quantitative estimate of drug-likeness (QED) is 0.427. The summed E-state index contributed by atoms with van der Waals surface area (Å²) < 4.78 is 2.14. The second-order valence-corrected chi connectivity index (χ2v) is 7.51. The van der Waals surface area contributed by atoms with Crippen LogP contribution in [0.1, 0.15) is 0 Å².